The first-order chi connectivity index (χ1) is 10.2. The molecule has 0 spiro atoms. The van der Waals surface area contributed by atoms with E-state index < -0.39 is 5.82 Å². The van der Waals surface area contributed by atoms with E-state index in [2.05, 4.69) is 10.4 Å². The minimum Gasteiger partial charge on any atom is -0.497 e. The maximum absolute atomic E-state index is 13.7. The number of anilines is 1. The molecule has 0 bridgehead atoms. The summed E-state index contributed by atoms with van der Waals surface area (Å²) in [6.45, 7) is 0. The zero-order valence-corrected chi connectivity index (χ0v) is 11.8. The molecule has 0 aliphatic carbocycles. The maximum atomic E-state index is 13.7. The van der Waals surface area contributed by atoms with Crippen molar-refractivity contribution in [2.24, 2.45) is 10.9 Å². The number of methoxy groups -OCH3 is 2. The summed E-state index contributed by atoms with van der Waals surface area (Å²) in [6.07, 6.45) is 0. The number of amidine groups is 1. The van der Waals surface area contributed by atoms with Crippen LogP contribution in [0.4, 0.5) is 10.1 Å². The monoisotopic (exact) mass is 289 g/mol. The van der Waals surface area contributed by atoms with E-state index in [-0.39, 0.29) is 5.69 Å². The van der Waals surface area contributed by atoms with Crippen LogP contribution in [0, 0.1) is 5.82 Å². The van der Waals surface area contributed by atoms with Gasteiger partial charge in [-0.05, 0) is 24.3 Å². The highest BCUT2D eigenvalue weighted by Crippen LogP contribution is 2.26. The first kappa shape index (κ1) is 14.6. The van der Waals surface area contributed by atoms with Crippen molar-refractivity contribution in [1.29, 1.82) is 0 Å². The summed E-state index contributed by atoms with van der Waals surface area (Å²) in [5.41, 5.74) is 0.878. The first-order valence-electron chi connectivity index (χ1n) is 6.21. The standard InChI is InChI=1S/C15H16FN3O2/c1-20-10-7-8-11(14(9-10)21-2)15(19-17)18-13-6-4-3-5-12(13)16/h3-9H,17H2,1-2H3,(H,18,19). The fourth-order valence-electron chi connectivity index (χ4n) is 1.85. The molecule has 5 nitrogen and oxygen atoms in total. The van der Waals surface area contributed by atoms with Crippen LogP contribution in [0.2, 0.25) is 0 Å². The van der Waals surface area contributed by atoms with Crippen molar-refractivity contribution in [3.63, 3.8) is 0 Å². The van der Waals surface area contributed by atoms with Crippen LogP contribution in [0.3, 0.4) is 0 Å². The van der Waals surface area contributed by atoms with Crippen LogP contribution in [0.25, 0.3) is 0 Å². The van der Waals surface area contributed by atoms with E-state index in [1.165, 1.54) is 13.2 Å². The summed E-state index contributed by atoms with van der Waals surface area (Å²) in [5, 5.41) is 6.53. The molecule has 0 saturated heterocycles. The zero-order chi connectivity index (χ0) is 15.2. The molecule has 0 aliphatic rings. The molecule has 0 aromatic heterocycles. The second kappa shape index (κ2) is 6.60. The Balaban J connectivity index is 2.36. The Morgan fingerprint density at radius 3 is 2.52 bits per heavy atom. The summed E-state index contributed by atoms with van der Waals surface area (Å²) in [5.74, 6) is 6.46. The molecule has 2 aromatic rings. The molecule has 6 heteroatoms. The Kier molecular flexibility index (Phi) is 4.61. The van der Waals surface area contributed by atoms with Gasteiger partial charge in [0.1, 0.15) is 17.3 Å². The van der Waals surface area contributed by atoms with E-state index >= 15 is 0 Å². The number of rotatable bonds is 4. The molecule has 0 saturated carbocycles. The summed E-state index contributed by atoms with van der Waals surface area (Å²) in [4.78, 5) is 0. The van der Waals surface area contributed by atoms with Crippen molar-refractivity contribution in [3.8, 4) is 11.5 Å². The molecule has 110 valence electrons. The van der Waals surface area contributed by atoms with E-state index in [1.54, 1.807) is 43.5 Å². The molecule has 0 radical (unpaired) electrons. The number of halogens is 1. The number of hydrogen-bond donors (Lipinski definition) is 2. The van der Waals surface area contributed by atoms with Gasteiger partial charge in [-0.3, -0.25) is 0 Å². The predicted octanol–water partition coefficient (Wildman–Crippen LogP) is 2.58. The van der Waals surface area contributed by atoms with Crippen LogP contribution in [0.5, 0.6) is 11.5 Å². The lowest BCUT2D eigenvalue weighted by molar-refractivity contribution is 0.394. The Labute approximate surface area is 122 Å². The largest absolute Gasteiger partial charge is 0.497 e. The second-order valence-corrected chi connectivity index (χ2v) is 4.15. The van der Waals surface area contributed by atoms with Crippen molar-refractivity contribution >= 4 is 11.5 Å². The lowest BCUT2D eigenvalue weighted by atomic mass is 10.1. The van der Waals surface area contributed by atoms with Crippen molar-refractivity contribution < 1.29 is 13.9 Å². The van der Waals surface area contributed by atoms with Crippen LogP contribution in [-0.4, -0.2) is 20.1 Å². The predicted molar refractivity (Wildman–Crippen MR) is 80.3 cm³/mol. The molecular weight excluding hydrogens is 273 g/mol. The number of benzene rings is 2. The second-order valence-electron chi connectivity index (χ2n) is 4.15. The molecule has 0 heterocycles. The molecule has 2 rings (SSSR count). The third kappa shape index (κ3) is 3.22. The molecular formula is C15H16FN3O2. The van der Waals surface area contributed by atoms with E-state index in [9.17, 15) is 4.39 Å². The van der Waals surface area contributed by atoms with E-state index in [0.717, 1.165) is 0 Å². The quantitative estimate of drug-likeness (QED) is 0.393. The number of nitrogens with two attached hydrogens (primary N) is 1. The highest BCUT2D eigenvalue weighted by atomic mass is 19.1. The zero-order valence-electron chi connectivity index (χ0n) is 11.8. The van der Waals surface area contributed by atoms with Gasteiger partial charge < -0.3 is 20.6 Å². The molecule has 0 fully saturated rings. The van der Waals surface area contributed by atoms with E-state index in [0.29, 0.717) is 22.9 Å². The van der Waals surface area contributed by atoms with Gasteiger partial charge in [0.25, 0.3) is 0 Å². The summed E-state index contributed by atoms with van der Waals surface area (Å²) < 4.78 is 24.1. The fourth-order valence-corrected chi connectivity index (χ4v) is 1.85. The molecule has 0 atom stereocenters. The Morgan fingerprint density at radius 2 is 1.90 bits per heavy atom. The number of nitrogens with zero attached hydrogens (tertiary/aromatic N) is 1. The van der Waals surface area contributed by atoms with Gasteiger partial charge in [0, 0.05) is 6.07 Å². The number of ether oxygens (including phenoxy) is 2. The number of para-hydroxylation sites is 1. The first-order valence-corrected chi connectivity index (χ1v) is 6.21. The van der Waals surface area contributed by atoms with Crippen molar-refractivity contribution in [2.45, 2.75) is 0 Å². The van der Waals surface area contributed by atoms with Crippen LogP contribution < -0.4 is 20.6 Å². The maximum Gasteiger partial charge on any atom is 0.161 e. The van der Waals surface area contributed by atoms with Gasteiger partial charge in [-0.15, -0.1) is 0 Å². The Bertz CT molecular complexity index is 659. The summed E-state index contributed by atoms with van der Waals surface area (Å²) in [7, 11) is 3.08. The Hall–Kier alpha value is -2.76. The van der Waals surface area contributed by atoms with E-state index in [1.807, 2.05) is 0 Å². The van der Waals surface area contributed by atoms with Crippen LogP contribution in [0.1, 0.15) is 5.56 Å². The molecule has 0 aliphatic heterocycles. The highest BCUT2D eigenvalue weighted by molar-refractivity contribution is 6.10. The van der Waals surface area contributed by atoms with Crippen molar-refractivity contribution in [3.05, 3.63) is 53.8 Å². The van der Waals surface area contributed by atoms with Crippen molar-refractivity contribution in [1.82, 2.24) is 0 Å². The normalized spacial score (nSPS) is 11.1. The van der Waals surface area contributed by atoms with Crippen LogP contribution >= 0.6 is 0 Å². The lowest BCUT2D eigenvalue weighted by Crippen LogP contribution is -2.17. The average molecular weight is 289 g/mol. The van der Waals surface area contributed by atoms with Gasteiger partial charge in [-0.25, -0.2) is 4.39 Å². The average Bonchev–Trinajstić information content (AvgIpc) is 2.53. The van der Waals surface area contributed by atoms with Gasteiger partial charge >= 0.3 is 0 Å². The Morgan fingerprint density at radius 1 is 1.14 bits per heavy atom. The van der Waals surface area contributed by atoms with Crippen molar-refractivity contribution in [2.75, 3.05) is 19.5 Å². The van der Waals surface area contributed by atoms with Gasteiger partial charge in [-0.1, -0.05) is 12.1 Å². The van der Waals surface area contributed by atoms with Gasteiger partial charge in [0.15, 0.2) is 5.84 Å². The smallest absolute Gasteiger partial charge is 0.161 e. The molecule has 0 unspecified atom stereocenters. The molecule has 21 heavy (non-hydrogen) atoms. The highest BCUT2D eigenvalue weighted by Gasteiger charge is 2.13. The summed E-state index contributed by atoms with van der Waals surface area (Å²) >= 11 is 0. The minimum absolute atomic E-state index is 0.277. The van der Waals surface area contributed by atoms with Gasteiger partial charge in [-0.2, -0.15) is 5.10 Å². The third-order valence-corrected chi connectivity index (χ3v) is 2.92. The third-order valence-electron chi connectivity index (χ3n) is 2.92. The number of nitrogens with one attached hydrogen (secondary N) is 1. The van der Waals surface area contributed by atoms with Gasteiger partial charge in [0.05, 0.1) is 25.5 Å². The number of hydrazone groups is 1. The van der Waals surface area contributed by atoms with Gasteiger partial charge in [0.2, 0.25) is 0 Å². The lowest BCUT2D eigenvalue weighted by Gasteiger charge is -2.14. The molecule has 2 aromatic carbocycles. The van der Waals surface area contributed by atoms with Crippen LogP contribution in [0.15, 0.2) is 47.6 Å². The SMILES string of the molecule is COc1ccc(C(=NN)Nc2ccccc2F)c(OC)c1. The molecule has 3 N–H and O–H groups in total. The topological polar surface area (TPSA) is 68.9 Å². The number of hydrogen-bond acceptors (Lipinski definition) is 4. The van der Waals surface area contributed by atoms with Crippen LogP contribution in [-0.2, 0) is 0 Å². The van der Waals surface area contributed by atoms with E-state index in [4.69, 9.17) is 15.3 Å². The minimum atomic E-state index is -0.397. The fraction of sp³-hybridized carbons (Fsp3) is 0.133. The summed E-state index contributed by atoms with van der Waals surface area (Å²) in [6, 6.07) is 11.4. The molecule has 0 amide bonds.